The monoisotopic (exact) mass is 207 g/mol. The van der Waals surface area contributed by atoms with Crippen molar-refractivity contribution in [1.29, 1.82) is 0 Å². The van der Waals surface area contributed by atoms with Gasteiger partial charge < -0.3 is 20.6 Å². The molecule has 0 amide bonds. The Morgan fingerprint density at radius 1 is 1.57 bits per heavy atom. The fourth-order valence-corrected chi connectivity index (χ4v) is 0.761. The standard InChI is InChI=1S/C7H15NO3.CH2O2/c1-2-4-8-6(3-5-9)7(10)11;2-1-3/h6,8-9H,2-5H2,1H3,(H,10,11);1H,(H,2,3)/t6-;/m0./s1. The van der Waals surface area contributed by atoms with Crippen LogP contribution >= 0.6 is 0 Å². The average molecular weight is 207 g/mol. The second-order valence-corrected chi connectivity index (χ2v) is 2.46. The predicted molar refractivity (Wildman–Crippen MR) is 50.1 cm³/mol. The molecule has 0 aliphatic carbocycles. The minimum Gasteiger partial charge on any atom is -0.483 e. The molecule has 4 N–H and O–H groups in total. The van der Waals surface area contributed by atoms with Crippen LogP contribution in [0.15, 0.2) is 0 Å². The minimum absolute atomic E-state index is 0.0896. The Bertz CT molecular complexity index is 151. The highest BCUT2D eigenvalue weighted by molar-refractivity contribution is 5.73. The van der Waals surface area contributed by atoms with Crippen LogP contribution in [0, 0.1) is 0 Å². The molecule has 0 aromatic rings. The fraction of sp³-hybridized carbons (Fsp3) is 0.750. The molecule has 6 nitrogen and oxygen atoms in total. The lowest BCUT2D eigenvalue weighted by Crippen LogP contribution is -2.37. The highest BCUT2D eigenvalue weighted by atomic mass is 16.4. The molecule has 0 saturated carbocycles. The number of aliphatic hydroxyl groups excluding tert-OH is 1. The second-order valence-electron chi connectivity index (χ2n) is 2.46. The normalized spacial score (nSPS) is 11.0. The molecule has 0 fully saturated rings. The van der Waals surface area contributed by atoms with Gasteiger partial charge in [-0.2, -0.15) is 0 Å². The molecule has 0 saturated heterocycles. The van der Waals surface area contributed by atoms with Crippen molar-refractivity contribution in [3.05, 3.63) is 0 Å². The first kappa shape index (κ1) is 15.3. The molecule has 1 atom stereocenters. The van der Waals surface area contributed by atoms with Crippen molar-refractivity contribution < 1.29 is 24.9 Å². The summed E-state index contributed by atoms with van der Waals surface area (Å²) < 4.78 is 0. The third kappa shape index (κ3) is 10.9. The Hall–Kier alpha value is -1.14. The zero-order valence-electron chi connectivity index (χ0n) is 8.14. The number of hydrogen-bond acceptors (Lipinski definition) is 4. The first-order valence-electron chi connectivity index (χ1n) is 4.28. The maximum Gasteiger partial charge on any atom is 0.320 e. The van der Waals surface area contributed by atoms with Gasteiger partial charge in [0.1, 0.15) is 6.04 Å². The largest absolute Gasteiger partial charge is 0.483 e. The van der Waals surface area contributed by atoms with Crippen LogP contribution in [0.4, 0.5) is 0 Å². The van der Waals surface area contributed by atoms with Crippen LogP contribution in [0.5, 0.6) is 0 Å². The van der Waals surface area contributed by atoms with Crippen molar-refractivity contribution >= 4 is 12.4 Å². The average Bonchev–Trinajstić information content (AvgIpc) is 2.13. The van der Waals surface area contributed by atoms with Gasteiger partial charge in [0.25, 0.3) is 6.47 Å². The van der Waals surface area contributed by atoms with Gasteiger partial charge in [0.05, 0.1) is 0 Å². The Morgan fingerprint density at radius 3 is 2.36 bits per heavy atom. The summed E-state index contributed by atoms with van der Waals surface area (Å²) in [6.07, 6.45) is 1.17. The molecule has 0 spiro atoms. The van der Waals surface area contributed by atoms with Crippen LogP contribution in [-0.2, 0) is 9.59 Å². The molecular formula is C8H17NO5. The lowest BCUT2D eigenvalue weighted by atomic mass is 10.2. The number of rotatable bonds is 6. The SMILES string of the molecule is CCCN[C@@H](CCO)C(=O)O.O=CO. The van der Waals surface area contributed by atoms with E-state index in [-0.39, 0.29) is 19.5 Å². The number of hydrogen-bond donors (Lipinski definition) is 4. The zero-order valence-corrected chi connectivity index (χ0v) is 8.14. The summed E-state index contributed by atoms with van der Waals surface area (Å²) in [7, 11) is 0. The van der Waals surface area contributed by atoms with Crippen LogP contribution in [-0.4, -0.2) is 47.0 Å². The zero-order chi connectivity index (χ0) is 11.4. The van der Waals surface area contributed by atoms with Gasteiger partial charge >= 0.3 is 5.97 Å². The minimum atomic E-state index is -0.896. The maximum absolute atomic E-state index is 10.4. The molecule has 14 heavy (non-hydrogen) atoms. The van der Waals surface area contributed by atoms with Gasteiger partial charge in [-0.15, -0.1) is 0 Å². The van der Waals surface area contributed by atoms with E-state index in [1.165, 1.54) is 0 Å². The van der Waals surface area contributed by atoms with E-state index in [9.17, 15) is 4.79 Å². The quantitative estimate of drug-likeness (QED) is 0.438. The number of carboxylic acid groups (broad SMARTS) is 2. The molecule has 0 rings (SSSR count). The van der Waals surface area contributed by atoms with Crippen LogP contribution in [0.3, 0.4) is 0 Å². The van der Waals surface area contributed by atoms with E-state index < -0.39 is 12.0 Å². The van der Waals surface area contributed by atoms with Crippen LogP contribution in [0.1, 0.15) is 19.8 Å². The van der Waals surface area contributed by atoms with Gasteiger partial charge in [-0.3, -0.25) is 9.59 Å². The van der Waals surface area contributed by atoms with E-state index in [1.54, 1.807) is 0 Å². The van der Waals surface area contributed by atoms with Crippen LogP contribution in [0.25, 0.3) is 0 Å². The van der Waals surface area contributed by atoms with Crippen molar-refractivity contribution in [2.24, 2.45) is 0 Å². The number of nitrogens with one attached hydrogen (secondary N) is 1. The predicted octanol–water partition coefficient (Wildman–Crippen LogP) is -0.478. The van der Waals surface area contributed by atoms with Crippen molar-refractivity contribution in [3.8, 4) is 0 Å². The molecule has 6 heteroatoms. The fourth-order valence-electron chi connectivity index (χ4n) is 0.761. The lowest BCUT2D eigenvalue weighted by Gasteiger charge is -2.11. The topological polar surface area (TPSA) is 107 Å². The molecule has 0 radical (unpaired) electrons. The third-order valence-corrected chi connectivity index (χ3v) is 1.36. The maximum atomic E-state index is 10.4. The second kappa shape index (κ2) is 11.9. The van der Waals surface area contributed by atoms with Gasteiger partial charge in [0, 0.05) is 6.61 Å². The van der Waals surface area contributed by atoms with E-state index in [1.807, 2.05) is 6.92 Å². The lowest BCUT2D eigenvalue weighted by molar-refractivity contribution is -0.139. The molecular weight excluding hydrogens is 190 g/mol. The smallest absolute Gasteiger partial charge is 0.320 e. The van der Waals surface area contributed by atoms with E-state index in [0.717, 1.165) is 6.42 Å². The molecule has 0 unspecified atom stereocenters. The molecule has 0 aromatic carbocycles. The van der Waals surface area contributed by atoms with E-state index in [0.29, 0.717) is 6.54 Å². The summed E-state index contributed by atoms with van der Waals surface area (Å²) >= 11 is 0. The molecule has 0 aromatic heterocycles. The first-order chi connectivity index (χ1) is 6.63. The van der Waals surface area contributed by atoms with Gasteiger partial charge in [-0.1, -0.05) is 6.92 Å². The third-order valence-electron chi connectivity index (χ3n) is 1.36. The Labute approximate surface area is 82.6 Å². The Kier molecular flexibility index (Phi) is 13.0. The summed E-state index contributed by atoms with van der Waals surface area (Å²) in [5, 5.41) is 26.7. The van der Waals surface area contributed by atoms with E-state index >= 15 is 0 Å². The van der Waals surface area contributed by atoms with Crippen LogP contribution in [0.2, 0.25) is 0 Å². The van der Waals surface area contributed by atoms with Crippen LogP contribution < -0.4 is 5.32 Å². The highest BCUT2D eigenvalue weighted by Crippen LogP contribution is 1.90. The van der Waals surface area contributed by atoms with Crippen molar-refractivity contribution in [3.63, 3.8) is 0 Å². The number of aliphatic hydroxyl groups is 1. The first-order valence-corrected chi connectivity index (χ1v) is 4.28. The van der Waals surface area contributed by atoms with Crippen molar-refractivity contribution in [2.45, 2.75) is 25.8 Å². The van der Waals surface area contributed by atoms with Gasteiger partial charge in [-0.25, -0.2) is 0 Å². The van der Waals surface area contributed by atoms with Crippen molar-refractivity contribution in [1.82, 2.24) is 5.32 Å². The summed E-state index contributed by atoms with van der Waals surface area (Å²) in [5.41, 5.74) is 0. The highest BCUT2D eigenvalue weighted by Gasteiger charge is 2.14. The summed E-state index contributed by atoms with van der Waals surface area (Å²) in [6.45, 7) is 2.30. The summed E-state index contributed by atoms with van der Waals surface area (Å²) in [6, 6.07) is -0.597. The Morgan fingerprint density at radius 2 is 2.07 bits per heavy atom. The van der Waals surface area contributed by atoms with Crippen molar-refractivity contribution in [2.75, 3.05) is 13.2 Å². The van der Waals surface area contributed by atoms with Gasteiger partial charge in [0.15, 0.2) is 0 Å². The van der Waals surface area contributed by atoms with E-state index in [4.69, 9.17) is 20.1 Å². The van der Waals surface area contributed by atoms with Gasteiger partial charge in [-0.05, 0) is 19.4 Å². The molecule has 0 aliphatic rings. The Balaban J connectivity index is 0. The number of carboxylic acids is 1. The summed E-state index contributed by atoms with van der Waals surface area (Å²) in [5.74, 6) is -0.896. The van der Waals surface area contributed by atoms with E-state index in [2.05, 4.69) is 5.32 Å². The summed E-state index contributed by atoms with van der Waals surface area (Å²) in [4.78, 5) is 18.8. The molecule has 0 bridgehead atoms. The molecule has 0 aliphatic heterocycles. The van der Waals surface area contributed by atoms with Gasteiger partial charge in [0.2, 0.25) is 0 Å². The molecule has 84 valence electrons. The number of aliphatic carboxylic acids is 1. The molecule has 0 heterocycles. The number of carbonyl (C=O) groups is 2.